The van der Waals surface area contributed by atoms with E-state index in [4.69, 9.17) is 9.47 Å². The summed E-state index contributed by atoms with van der Waals surface area (Å²) in [5.74, 6) is -2.08. The number of non-ortho nitro benzene ring substituents is 1. The average molecular weight is 650 g/mol. The number of benzene rings is 2. The van der Waals surface area contributed by atoms with Crippen LogP contribution < -0.4 is 10.2 Å². The van der Waals surface area contributed by atoms with Gasteiger partial charge in [-0.2, -0.15) is 0 Å². The van der Waals surface area contributed by atoms with Crippen LogP contribution in [-0.4, -0.2) is 94.1 Å². The summed E-state index contributed by atoms with van der Waals surface area (Å²) in [6.45, 7) is 4.46. The van der Waals surface area contributed by atoms with Crippen molar-refractivity contribution in [3.63, 3.8) is 0 Å². The molecule has 45 heavy (non-hydrogen) atoms. The second kappa shape index (κ2) is 12.1. The molecule has 0 saturated carbocycles. The van der Waals surface area contributed by atoms with Crippen molar-refractivity contribution >= 4 is 37.3 Å². The first kappa shape index (κ1) is 33.0. The molecule has 244 valence electrons. The molecular weight excluding hydrogens is 613 g/mol. The van der Waals surface area contributed by atoms with Gasteiger partial charge in [-0.15, -0.1) is 0 Å². The lowest BCUT2D eigenvalue weighted by molar-refractivity contribution is -0.385. The van der Waals surface area contributed by atoms with E-state index in [-0.39, 0.29) is 36.5 Å². The fourth-order valence-electron chi connectivity index (χ4n) is 6.87. The molecule has 0 aliphatic carbocycles. The van der Waals surface area contributed by atoms with Crippen molar-refractivity contribution in [3.8, 4) is 0 Å². The molecule has 6 N–H and O–H groups in total. The van der Waals surface area contributed by atoms with E-state index in [9.17, 15) is 45.2 Å². The molecule has 2 aromatic carbocycles. The van der Waals surface area contributed by atoms with E-state index in [1.807, 2.05) is 0 Å². The topological polar surface area (TPSA) is 212 Å². The third-order valence-corrected chi connectivity index (χ3v) is 11.4. The Bertz CT molecular complexity index is 1470. The number of hydrogen-bond acceptors (Lipinski definition) is 11. The summed E-state index contributed by atoms with van der Waals surface area (Å²) in [5.41, 5.74) is -1.12. The third kappa shape index (κ3) is 5.65. The molecule has 16 heteroatoms. The molecule has 2 fully saturated rings. The zero-order valence-electron chi connectivity index (χ0n) is 24.7. The normalized spacial score (nSPS) is 33.0. The van der Waals surface area contributed by atoms with E-state index in [2.05, 4.69) is 5.32 Å². The highest BCUT2D eigenvalue weighted by Gasteiger charge is 2.66. The zero-order valence-corrected chi connectivity index (χ0v) is 25.7. The fourth-order valence-corrected chi connectivity index (χ4v) is 9.41. The molecule has 0 aromatic heterocycles. The predicted octanol–water partition coefficient (Wildman–Crippen LogP) is 1.04. The minimum atomic E-state index is -3.45. The molecule has 3 aliphatic heterocycles. The van der Waals surface area contributed by atoms with E-state index < -0.39 is 79.0 Å². The van der Waals surface area contributed by atoms with Crippen molar-refractivity contribution in [2.24, 2.45) is 5.92 Å². The van der Waals surface area contributed by atoms with Crippen molar-refractivity contribution < 1.29 is 53.6 Å². The highest BCUT2D eigenvalue weighted by molar-refractivity contribution is 6.72. The van der Waals surface area contributed by atoms with Crippen LogP contribution in [0.2, 0.25) is 18.6 Å². The van der Waals surface area contributed by atoms with Gasteiger partial charge in [-0.05, 0) is 43.3 Å². The van der Waals surface area contributed by atoms with Gasteiger partial charge in [-0.3, -0.25) is 19.7 Å². The number of nitro benzene ring substituents is 1. The molecule has 14 nitrogen and oxygen atoms in total. The van der Waals surface area contributed by atoms with E-state index in [1.165, 1.54) is 48.3 Å². The van der Waals surface area contributed by atoms with Gasteiger partial charge in [-0.25, -0.2) is 0 Å². The second-order valence-corrected chi connectivity index (χ2v) is 16.0. The van der Waals surface area contributed by atoms with Crippen molar-refractivity contribution in [2.45, 2.75) is 80.9 Å². The molecular formula is C29H36FN3O11Si. The molecule has 0 radical (unpaired) electrons. The highest BCUT2D eigenvalue weighted by Crippen LogP contribution is 2.60. The molecule has 5 rings (SSSR count). The third-order valence-electron chi connectivity index (χ3n) is 8.98. The van der Waals surface area contributed by atoms with E-state index in [0.717, 1.165) is 0 Å². The monoisotopic (exact) mass is 649 g/mol. The first-order valence-corrected chi connectivity index (χ1v) is 17.4. The number of fused-ring (bicyclic) bond motifs is 2. The number of carbonyl (C=O) groups is 2. The Labute approximate surface area is 258 Å². The molecule has 2 aromatic rings. The summed E-state index contributed by atoms with van der Waals surface area (Å²) in [6, 6.07) is 10.3. The van der Waals surface area contributed by atoms with Crippen molar-refractivity contribution in [1.29, 1.82) is 0 Å². The average Bonchev–Trinajstić information content (AvgIpc) is 3.41. The SMILES string of the molecule is C[C@H]1[C@H]([Si](C)(C)F)[C@@H](CCO)O[C@]12C(=O)N(Cc1ccc(NC(=O)[C@H]3O[C@@H](O)[C@H](O)[C@@H](O)[C@@H]3O)cc1)c1ccc([N+](=O)[O-])cc12. The number of amides is 2. The molecule has 0 unspecified atom stereocenters. The Balaban J connectivity index is 1.41. The summed E-state index contributed by atoms with van der Waals surface area (Å²) in [5, 5.41) is 63.2. The first-order valence-electron chi connectivity index (χ1n) is 14.5. The lowest BCUT2D eigenvalue weighted by Crippen LogP contribution is -2.60. The number of aliphatic hydroxyl groups excluding tert-OH is 5. The van der Waals surface area contributed by atoms with Crippen LogP contribution in [0.1, 0.15) is 24.5 Å². The smallest absolute Gasteiger partial charge is 0.269 e. The first-order chi connectivity index (χ1) is 21.1. The van der Waals surface area contributed by atoms with Crippen LogP contribution in [0, 0.1) is 16.0 Å². The van der Waals surface area contributed by atoms with Gasteiger partial charge in [0.15, 0.2) is 18.0 Å². The number of nitrogens with one attached hydrogen (secondary N) is 1. The number of carbonyl (C=O) groups excluding carboxylic acids is 2. The number of ether oxygens (including phenoxy) is 2. The molecule has 1 spiro atoms. The van der Waals surface area contributed by atoms with Gasteiger partial charge in [0.1, 0.15) is 18.3 Å². The maximum atomic E-state index is 15.7. The summed E-state index contributed by atoms with van der Waals surface area (Å²) < 4.78 is 27.0. The highest BCUT2D eigenvalue weighted by atomic mass is 28.4. The molecule has 0 bridgehead atoms. The Morgan fingerprint density at radius 1 is 1.11 bits per heavy atom. The maximum absolute atomic E-state index is 15.7. The van der Waals surface area contributed by atoms with Crippen molar-refractivity contribution in [3.05, 3.63) is 63.7 Å². The Kier molecular flexibility index (Phi) is 8.88. The van der Waals surface area contributed by atoms with Gasteiger partial charge in [-0.1, -0.05) is 19.1 Å². The Morgan fingerprint density at radius 3 is 2.38 bits per heavy atom. The summed E-state index contributed by atoms with van der Waals surface area (Å²) in [7, 11) is -3.45. The molecule has 3 heterocycles. The van der Waals surface area contributed by atoms with Crippen LogP contribution in [0.25, 0.3) is 0 Å². The standard InChI is InChI=1S/C29H36FN3O11Si/c1-14-25(45(2,3)30)20(10-11-34)44-29(14)18-12-17(33(41)42)8-9-19(18)32(28(29)40)13-15-4-6-16(7-5-15)31-26(38)24-22(36)21(35)23(37)27(39)43-24/h4-9,12,14,20-25,27,34-37,39H,10-11,13H2,1-3H3,(H,31,38)/t14-,20+,21-,22-,23+,24-,25-,27+,29+/m0/s1. The van der Waals surface area contributed by atoms with Gasteiger partial charge in [0.25, 0.3) is 17.5 Å². The largest absolute Gasteiger partial charge is 0.396 e. The van der Waals surface area contributed by atoms with Crippen LogP contribution in [0.4, 0.5) is 21.2 Å². The van der Waals surface area contributed by atoms with E-state index >= 15 is 4.11 Å². The number of aliphatic hydroxyl groups is 5. The fraction of sp³-hybridized carbons (Fsp3) is 0.517. The second-order valence-electron chi connectivity index (χ2n) is 12.2. The number of halogens is 1. The zero-order chi connectivity index (χ0) is 33.0. The van der Waals surface area contributed by atoms with Crippen LogP contribution in [0.15, 0.2) is 42.5 Å². The van der Waals surface area contributed by atoms with E-state index in [0.29, 0.717) is 11.3 Å². The number of rotatable bonds is 8. The van der Waals surface area contributed by atoms with Gasteiger partial charge in [0, 0.05) is 41.4 Å². The predicted molar refractivity (Wildman–Crippen MR) is 158 cm³/mol. The van der Waals surface area contributed by atoms with Gasteiger partial charge >= 0.3 is 0 Å². The van der Waals surface area contributed by atoms with Crippen LogP contribution in [0.3, 0.4) is 0 Å². The lowest BCUT2D eigenvalue weighted by atomic mass is 9.82. The Hall–Kier alpha value is -3.35. The lowest BCUT2D eigenvalue weighted by Gasteiger charge is -2.37. The number of nitro groups is 1. The summed E-state index contributed by atoms with van der Waals surface area (Å²) in [6.07, 6.45) is -9.61. The summed E-state index contributed by atoms with van der Waals surface area (Å²) in [4.78, 5) is 39.5. The number of nitrogens with zero attached hydrogens (tertiary/aromatic N) is 2. The minimum Gasteiger partial charge on any atom is -0.396 e. The van der Waals surface area contributed by atoms with Crippen molar-refractivity contribution in [1.82, 2.24) is 0 Å². The maximum Gasteiger partial charge on any atom is 0.269 e. The molecule has 3 aliphatic rings. The van der Waals surface area contributed by atoms with Gasteiger partial charge in [0.05, 0.1) is 23.3 Å². The molecule has 2 saturated heterocycles. The van der Waals surface area contributed by atoms with Crippen LogP contribution in [0.5, 0.6) is 0 Å². The molecule has 9 atom stereocenters. The van der Waals surface area contributed by atoms with Gasteiger partial charge in [0.2, 0.25) is 8.41 Å². The van der Waals surface area contributed by atoms with Crippen LogP contribution >= 0.6 is 0 Å². The summed E-state index contributed by atoms with van der Waals surface area (Å²) >= 11 is 0. The van der Waals surface area contributed by atoms with Gasteiger partial charge < -0.3 is 49.3 Å². The Morgan fingerprint density at radius 2 is 1.78 bits per heavy atom. The quantitative estimate of drug-likeness (QED) is 0.103. The minimum absolute atomic E-state index is 0.00219. The molecule has 2 amide bonds. The number of anilines is 2. The van der Waals surface area contributed by atoms with Crippen LogP contribution in [-0.2, 0) is 31.2 Å². The van der Waals surface area contributed by atoms with Crippen molar-refractivity contribution in [2.75, 3.05) is 16.8 Å². The number of hydrogen-bond donors (Lipinski definition) is 6. The van der Waals surface area contributed by atoms with E-state index in [1.54, 1.807) is 19.1 Å².